The average molecular weight is 489 g/mol. The number of thioether (sulfide) groups is 2. The van der Waals surface area contributed by atoms with Crippen LogP contribution in [0, 0.1) is 0 Å². The van der Waals surface area contributed by atoms with Gasteiger partial charge in [0.15, 0.2) is 0 Å². The highest BCUT2D eigenvalue weighted by atomic mass is 32.2. The van der Waals surface area contributed by atoms with Crippen molar-refractivity contribution in [1.82, 2.24) is 0 Å². The summed E-state index contributed by atoms with van der Waals surface area (Å²) in [5.41, 5.74) is 0. The largest absolute Gasteiger partial charge is 0.511 e. The van der Waals surface area contributed by atoms with Gasteiger partial charge in [-0.2, -0.15) is 23.5 Å². The van der Waals surface area contributed by atoms with Crippen molar-refractivity contribution < 1.29 is 26.6 Å². The van der Waals surface area contributed by atoms with Gasteiger partial charge in [0.25, 0.3) is 0 Å². The van der Waals surface area contributed by atoms with Crippen molar-refractivity contribution >= 4 is 41.1 Å². The van der Waals surface area contributed by atoms with Crippen LogP contribution in [0.4, 0.5) is 0 Å². The Kier molecular flexibility index (Phi) is 20.2. The minimum atomic E-state index is -2.50. The average Bonchev–Trinajstić information content (AvgIpc) is 2.68. The second kappa shape index (κ2) is 19.6. The van der Waals surface area contributed by atoms with E-state index in [9.17, 15) is 0 Å². The molecule has 0 aliphatic carbocycles. The quantitative estimate of drug-likeness (QED) is 0.159. The Morgan fingerprint density at radius 3 is 0.966 bits per heavy atom. The van der Waals surface area contributed by atoms with Gasteiger partial charge in [-0.3, -0.25) is 0 Å². The van der Waals surface area contributed by atoms with Gasteiger partial charge < -0.3 is 26.6 Å². The lowest BCUT2D eigenvalue weighted by atomic mass is 10.3. The van der Waals surface area contributed by atoms with Crippen molar-refractivity contribution in [2.75, 3.05) is 61.9 Å². The molecule has 0 aliphatic rings. The van der Waals surface area contributed by atoms with E-state index in [2.05, 4.69) is 0 Å². The first-order valence-corrected chi connectivity index (χ1v) is 17.2. The summed E-state index contributed by atoms with van der Waals surface area (Å²) in [4.78, 5) is 0. The van der Waals surface area contributed by atoms with Crippen LogP contribution in [0.15, 0.2) is 0 Å². The van der Waals surface area contributed by atoms with Crippen LogP contribution in [0.5, 0.6) is 0 Å². The predicted molar refractivity (Wildman–Crippen MR) is 130 cm³/mol. The van der Waals surface area contributed by atoms with Crippen molar-refractivity contribution in [2.45, 2.75) is 60.8 Å². The van der Waals surface area contributed by atoms with Crippen LogP contribution in [-0.2, 0) is 26.6 Å². The number of hydrogen-bond acceptors (Lipinski definition) is 8. The Bertz CT molecular complexity index is 304. The molecule has 176 valence electrons. The second-order valence-corrected chi connectivity index (χ2v) is 14.5. The highest BCUT2D eigenvalue weighted by Crippen LogP contribution is 2.20. The molecule has 0 saturated heterocycles. The summed E-state index contributed by atoms with van der Waals surface area (Å²) >= 11 is 3.79. The van der Waals surface area contributed by atoms with Crippen molar-refractivity contribution in [2.24, 2.45) is 0 Å². The molecule has 0 fully saturated rings. The Balaban J connectivity index is 4.05. The standard InChI is InChI=1S/C19H44O6S2Si2/c1-7-20-28(21-8-2,22-9-3)18-26-16-14-13-15-17-27-19-29(23-10-4,24-11-5)25-12-6/h7-19H2,1-6H3. The van der Waals surface area contributed by atoms with Crippen LogP contribution in [0.25, 0.3) is 0 Å². The van der Waals surface area contributed by atoms with Crippen LogP contribution in [0.2, 0.25) is 0 Å². The van der Waals surface area contributed by atoms with Gasteiger partial charge in [-0.15, -0.1) is 0 Å². The molecule has 0 radical (unpaired) electrons. The topological polar surface area (TPSA) is 55.4 Å². The number of hydrogen-bond donors (Lipinski definition) is 0. The molecule has 0 saturated carbocycles. The van der Waals surface area contributed by atoms with Crippen molar-refractivity contribution in [3.05, 3.63) is 0 Å². The van der Waals surface area contributed by atoms with Gasteiger partial charge in [-0.1, -0.05) is 6.42 Å². The summed E-state index contributed by atoms with van der Waals surface area (Å²) in [7, 11) is -5.00. The molecule has 6 nitrogen and oxygen atoms in total. The molecule has 29 heavy (non-hydrogen) atoms. The third-order valence-corrected chi connectivity index (χ3v) is 13.8. The zero-order valence-corrected chi connectivity index (χ0v) is 23.1. The molecule has 0 aromatic heterocycles. The first-order valence-electron chi connectivity index (χ1n) is 11.1. The van der Waals surface area contributed by atoms with E-state index in [1.807, 2.05) is 65.1 Å². The highest BCUT2D eigenvalue weighted by molar-refractivity contribution is 8.01. The van der Waals surface area contributed by atoms with E-state index < -0.39 is 17.6 Å². The molecule has 0 amide bonds. The van der Waals surface area contributed by atoms with Crippen LogP contribution < -0.4 is 0 Å². The monoisotopic (exact) mass is 488 g/mol. The zero-order chi connectivity index (χ0) is 21.8. The molecule has 0 bridgehead atoms. The van der Waals surface area contributed by atoms with E-state index in [1.165, 1.54) is 19.3 Å². The minimum Gasteiger partial charge on any atom is -0.373 e. The zero-order valence-electron chi connectivity index (χ0n) is 19.5. The fourth-order valence-corrected chi connectivity index (χ4v) is 11.9. The second-order valence-electron chi connectivity index (χ2n) is 6.13. The van der Waals surface area contributed by atoms with Crippen molar-refractivity contribution in [3.8, 4) is 0 Å². The van der Waals surface area contributed by atoms with Gasteiger partial charge in [0.1, 0.15) is 0 Å². The summed E-state index contributed by atoms with van der Waals surface area (Å²) in [5, 5.41) is 1.67. The maximum Gasteiger partial charge on any atom is 0.511 e. The summed E-state index contributed by atoms with van der Waals surface area (Å²) in [6.07, 6.45) is 3.62. The molecule has 0 heterocycles. The Morgan fingerprint density at radius 2 is 0.724 bits per heavy atom. The summed E-state index contributed by atoms with van der Waals surface area (Å²) < 4.78 is 35.4. The fraction of sp³-hybridized carbons (Fsp3) is 1.00. The number of rotatable bonds is 22. The Hall–Kier alpha value is 0.894. The van der Waals surface area contributed by atoms with Gasteiger partial charge >= 0.3 is 17.6 Å². The fourth-order valence-electron chi connectivity index (χ4n) is 2.80. The molecule has 0 aliphatic heterocycles. The molecule has 0 aromatic carbocycles. The molecule has 0 spiro atoms. The predicted octanol–water partition coefficient (Wildman–Crippen LogP) is 4.80. The Morgan fingerprint density at radius 1 is 0.448 bits per heavy atom. The number of unbranched alkanes of at least 4 members (excludes halogenated alkanes) is 2. The first kappa shape index (κ1) is 29.9. The summed E-state index contributed by atoms with van der Waals surface area (Å²) in [6.45, 7) is 15.8. The Labute approximate surface area is 190 Å². The van der Waals surface area contributed by atoms with Gasteiger partial charge in [0, 0.05) is 39.6 Å². The smallest absolute Gasteiger partial charge is 0.373 e. The van der Waals surface area contributed by atoms with Gasteiger partial charge in [-0.25, -0.2) is 0 Å². The molecule has 0 N–H and O–H groups in total. The van der Waals surface area contributed by atoms with E-state index in [0.29, 0.717) is 39.6 Å². The van der Waals surface area contributed by atoms with E-state index in [4.69, 9.17) is 26.6 Å². The van der Waals surface area contributed by atoms with Gasteiger partial charge in [0.2, 0.25) is 0 Å². The van der Waals surface area contributed by atoms with Crippen LogP contribution in [0.1, 0.15) is 60.8 Å². The minimum absolute atomic E-state index is 0.639. The maximum absolute atomic E-state index is 5.90. The lowest BCUT2D eigenvalue weighted by molar-refractivity contribution is 0.0765. The van der Waals surface area contributed by atoms with Crippen LogP contribution in [-0.4, -0.2) is 79.5 Å². The van der Waals surface area contributed by atoms with Crippen LogP contribution >= 0.6 is 23.5 Å². The van der Waals surface area contributed by atoms with E-state index in [1.54, 1.807) is 0 Å². The lowest BCUT2D eigenvalue weighted by Gasteiger charge is -2.28. The first-order chi connectivity index (χ1) is 14.1. The summed E-state index contributed by atoms with van der Waals surface area (Å²) in [5.74, 6) is 2.23. The maximum atomic E-state index is 5.90. The third kappa shape index (κ3) is 13.8. The van der Waals surface area contributed by atoms with Gasteiger partial charge in [0.05, 0.1) is 10.8 Å². The third-order valence-electron chi connectivity index (χ3n) is 3.82. The molecule has 0 atom stereocenters. The molecule has 0 aromatic rings. The van der Waals surface area contributed by atoms with E-state index in [-0.39, 0.29) is 0 Å². The molecule has 10 heteroatoms. The molecule has 0 unspecified atom stereocenters. The van der Waals surface area contributed by atoms with Crippen LogP contribution in [0.3, 0.4) is 0 Å². The highest BCUT2D eigenvalue weighted by Gasteiger charge is 2.41. The normalized spacial score (nSPS) is 12.6. The molecular weight excluding hydrogens is 445 g/mol. The SMILES string of the molecule is CCO[Si](CSCCCCCSC[Si](OCC)(OCC)OCC)(OCC)OCC. The molecular formula is C19H44O6S2Si2. The van der Waals surface area contributed by atoms with E-state index in [0.717, 1.165) is 22.3 Å². The van der Waals surface area contributed by atoms with Crippen molar-refractivity contribution in [3.63, 3.8) is 0 Å². The summed E-state index contributed by atoms with van der Waals surface area (Å²) in [6, 6.07) is 0. The van der Waals surface area contributed by atoms with E-state index >= 15 is 0 Å². The van der Waals surface area contributed by atoms with Crippen molar-refractivity contribution in [1.29, 1.82) is 0 Å². The molecule has 0 rings (SSSR count). The lowest BCUT2D eigenvalue weighted by Crippen LogP contribution is -2.49. The van der Waals surface area contributed by atoms with Gasteiger partial charge in [-0.05, 0) is 65.9 Å².